The van der Waals surface area contributed by atoms with Crippen LogP contribution in [-0.2, 0) is 9.59 Å². The van der Waals surface area contributed by atoms with Crippen LogP contribution in [0.4, 0.5) is 0 Å². The molecule has 278 valence electrons. The van der Waals surface area contributed by atoms with Crippen LogP contribution in [0.1, 0.15) is 103 Å². The van der Waals surface area contributed by atoms with Crippen molar-refractivity contribution >= 4 is 37.2 Å². The van der Waals surface area contributed by atoms with Crippen LogP contribution in [0.25, 0.3) is 11.1 Å². The number of ketones is 2. The molecule has 53 heavy (non-hydrogen) atoms. The van der Waals surface area contributed by atoms with Crippen LogP contribution in [0.2, 0.25) is 0 Å². The van der Waals surface area contributed by atoms with Gasteiger partial charge in [0, 0.05) is 0 Å². The van der Waals surface area contributed by atoms with E-state index in [4.69, 9.17) is 9.47 Å². The summed E-state index contributed by atoms with van der Waals surface area (Å²) in [4.78, 5) is 28.0. The summed E-state index contributed by atoms with van der Waals surface area (Å²) in [5.41, 5.74) is 8.37. The monoisotopic (exact) mass is 776 g/mol. The molecule has 0 saturated carbocycles. The number of hydrogen-bond acceptors (Lipinski definition) is 4. The van der Waals surface area contributed by atoms with Gasteiger partial charge in [-0.15, -0.1) is 0 Å². The number of hydrogen-bond donors (Lipinski definition) is 0. The number of carbonyl (C=O) groups excluding carboxylic acids is 2. The second-order valence-corrected chi connectivity index (χ2v) is 20.4. The van der Waals surface area contributed by atoms with E-state index >= 15 is 0 Å². The minimum atomic E-state index is -0.338. The number of benzene rings is 2. The molecular weight excluding hydrogens is 719 g/mol. The van der Waals surface area contributed by atoms with Crippen LogP contribution in [0.15, 0.2) is 118 Å². The zero-order valence-electron chi connectivity index (χ0n) is 34.1. The Morgan fingerprint density at radius 3 is 0.925 bits per heavy atom. The molecule has 0 amide bonds. The fourth-order valence-electron chi connectivity index (χ4n) is 6.80. The van der Waals surface area contributed by atoms with Gasteiger partial charge in [0.15, 0.2) is 0 Å². The molecule has 3 aromatic rings. The second-order valence-electron chi connectivity index (χ2n) is 18.2. The normalized spacial score (nSPS) is 15.8. The van der Waals surface area contributed by atoms with Crippen molar-refractivity contribution in [1.82, 2.24) is 0 Å². The van der Waals surface area contributed by atoms with Crippen molar-refractivity contribution in [2.75, 3.05) is 14.2 Å². The van der Waals surface area contributed by atoms with Gasteiger partial charge in [-0.25, -0.2) is 0 Å². The topological polar surface area (TPSA) is 52.6 Å². The predicted molar refractivity (Wildman–Crippen MR) is 222 cm³/mol. The van der Waals surface area contributed by atoms with Crippen molar-refractivity contribution in [2.45, 2.75) is 83.1 Å². The second kappa shape index (κ2) is 14.6. The third-order valence-corrected chi connectivity index (χ3v) is 12.2. The number of ether oxygens (including phenoxy) is 2. The van der Waals surface area contributed by atoms with Crippen molar-refractivity contribution in [3.8, 4) is 11.5 Å². The van der Waals surface area contributed by atoms with E-state index in [1.54, 1.807) is 14.2 Å². The number of Topliss-reactive ketones (excluding diaryl/α,β-unsaturated/α-hetero) is 2. The number of methoxy groups -OCH3 is 2. The Labute approximate surface area is 323 Å². The molecule has 0 radical (unpaired) electrons. The Morgan fingerprint density at radius 1 is 0.434 bits per heavy atom. The van der Waals surface area contributed by atoms with Crippen molar-refractivity contribution in [3.05, 3.63) is 138 Å². The van der Waals surface area contributed by atoms with Crippen LogP contribution in [0.3, 0.4) is 0 Å². The van der Waals surface area contributed by atoms with Crippen molar-refractivity contribution in [2.24, 2.45) is 21.7 Å². The van der Waals surface area contributed by atoms with Crippen LogP contribution in [-0.4, -0.2) is 40.3 Å². The Morgan fingerprint density at radius 2 is 0.698 bits per heavy atom. The fourth-order valence-corrected chi connectivity index (χ4v) is 9.28. The predicted octanol–water partition coefficient (Wildman–Crippen LogP) is 11.4. The molecular formula is C48H56O4Se. The summed E-state index contributed by atoms with van der Waals surface area (Å²) in [6.45, 7) is 25.4. The zero-order valence-corrected chi connectivity index (χ0v) is 35.8. The molecule has 0 spiro atoms. The van der Waals surface area contributed by atoms with E-state index in [0.29, 0.717) is 0 Å². The molecule has 0 fully saturated rings. The summed E-state index contributed by atoms with van der Waals surface area (Å²) < 4.78 is 13.5. The molecule has 1 heterocycles. The van der Waals surface area contributed by atoms with Crippen LogP contribution in [0.5, 0.6) is 11.5 Å². The van der Waals surface area contributed by atoms with E-state index in [2.05, 4.69) is 144 Å². The first-order valence-corrected chi connectivity index (χ1v) is 20.1. The molecule has 0 bridgehead atoms. The summed E-state index contributed by atoms with van der Waals surface area (Å²) in [6.07, 6.45) is 8.49. The number of rotatable bonds is 6. The van der Waals surface area contributed by atoms with Crippen molar-refractivity contribution in [1.29, 1.82) is 0 Å². The third kappa shape index (κ3) is 8.48. The van der Waals surface area contributed by atoms with Gasteiger partial charge in [0.05, 0.1) is 0 Å². The first-order valence-electron chi connectivity index (χ1n) is 18.4. The first kappa shape index (κ1) is 40.0. The molecule has 1 aromatic heterocycles. The minimum absolute atomic E-state index is 0.119. The van der Waals surface area contributed by atoms with Gasteiger partial charge in [0.2, 0.25) is 0 Å². The average Bonchev–Trinajstić information content (AvgIpc) is 3.53. The molecule has 2 aliphatic carbocycles. The third-order valence-electron chi connectivity index (χ3n) is 9.84. The fraction of sp³-hybridized carbons (Fsp3) is 0.375. The van der Waals surface area contributed by atoms with Gasteiger partial charge in [0.25, 0.3) is 0 Å². The zero-order chi connectivity index (χ0) is 39.3. The molecule has 5 rings (SSSR count). The van der Waals surface area contributed by atoms with Gasteiger partial charge < -0.3 is 0 Å². The van der Waals surface area contributed by atoms with Crippen LogP contribution >= 0.6 is 0 Å². The van der Waals surface area contributed by atoms with Gasteiger partial charge in [-0.1, -0.05) is 0 Å². The maximum atomic E-state index is 14.0. The van der Waals surface area contributed by atoms with Gasteiger partial charge in [-0.05, 0) is 0 Å². The Kier molecular flexibility index (Phi) is 11.0. The van der Waals surface area contributed by atoms with E-state index in [0.717, 1.165) is 67.2 Å². The molecule has 4 nitrogen and oxygen atoms in total. The molecule has 0 saturated heterocycles. The van der Waals surface area contributed by atoms with E-state index in [9.17, 15) is 9.59 Å². The molecule has 0 N–H and O–H groups in total. The van der Waals surface area contributed by atoms with Crippen LogP contribution < -0.4 is 9.47 Å². The number of carbonyl (C=O) groups is 2. The van der Waals surface area contributed by atoms with E-state index in [-0.39, 0.29) is 47.7 Å². The van der Waals surface area contributed by atoms with E-state index in [1.807, 2.05) is 24.3 Å². The van der Waals surface area contributed by atoms with Gasteiger partial charge in [-0.2, -0.15) is 0 Å². The summed E-state index contributed by atoms with van der Waals surface area (Å²) in [5, 5.41) is 0. The van der Waals surface area contributed by atoms with Gasteiger partial charge >= 0.3 is 325 Å². The molecule has 0 unspecified atom stereocenters. The van der Waals surface area contributed by atoms with E-state index < -0.39 is 0 Å². The summed E-state index contributed by atoms with van der Waals surface area (Å²) in [7, 11) is 3.37. The van der Waals surface area contributed by atoms with E-state index in [1.165, 1.54) is 8.87 Å². The Hall–Kier alpha value is -4.18. The molecule has 0 aliphatic heterocycles. The van der Waals surface area contributed by atoms with Gasteiger partial charge in [0.1, 0.15) is 0 Å². The molecule has 2 aliphatic rings. The van der Waals surface area contributed by atoms with Crippen LogP contribution in [0, 0.1) is 21.7 Å². The Balaban J connectivity index is 1.87. The van der Waals surface area contributed by atoms with Crippen molar-refractivity contribution in [3.63, 3.8) is 0 Å². The Bertz CT molecular complexity index is 1890. The first-order chi connectivity index (χ1) is 24.5. The number of allylic oxidation sites excluding steroid dienone is 10. The molecule has 5 heteroatoms. The standard InChI is InChI=1S/C48H56O4Se/c1-45(2,3)35-25-31(26-36(43(35)49)46(4,5)6)41(29-15-19-33(51-13)20-16-29)39-23-24-40(53-39)42(30-17-21-34(52-14)22-18-30)32-27-37(47(7,8)9)44(50)38(28-32)48(10,11)12/h15-28H,1-14H3. The maximum absolute atomic E-state index is 14.0. The summed E-state index contributed by atoms with van der Waals surface area (Å²) in [6, 6.07) is 21.0. The van der Waals surface area contributed by atoms with Crippen molar-refractivity contribution < 1.29 is 19.1 Å². The SMILES string of the molecule is COc1ccc(C(=C2C=C(C(C)(C)C)C(=O)C(C(C)(C)C)=C2)c2ccc(C(=C3C=C(C(C)(C)C)C(=O)C(C(C)(C)C)=C3)c3ccc(OC)cc3)[se]2)cc1. The quantitative estimate of drug-likeness (QED) is 0.234. The molecule has 0 atom stereocenters. The summed E-state index contributed by atoms with van der Waals surface area (Å²) >= 11 is -0.135. The van der Waals surface area contributed by atoms with Gasteiger partial charge in [-0.3, -0.25) is 0 Å². The summed E-state index contributed by atoms with van der Waals surface area (Å²) in [5.74, 6) is 1.82. The molecule has 2 aromatic carbocycles. The average molecular weight is 776 g/mol.